The number of β-amino-alcohol motifs (C(OH)–C–C–N with tert-alkyl or cyclic N) is 2. The summed E-state index contributed by atoms with van der Waals surface area (Å²) in [7, 11) is 0. The number of aliphatic carboxylic acids is 3. The average molecular weight is 986 g/mol. The van der Waals surface area contributed by atoms with Gasteiger partial charge in [0, 0.05) is 137 Å². The van der Waals surface area contributed by atoms with Crippen LogP contribution in [-0.4, -0.2) is 353 Å². The molecule has 2 rings (SSSR count). The first-order valence-corrected chi connectivity index (χ1v) is 22.5. The third kappa shape index (κ3) is 26.2. The number of rotatable bonds is 29. The van der Waals surface area contributed by atoms with Crippen molar-refractivity contribution in [1.29, 1.82) is 0 Å². The molecule has 0 aromatic carbocycles. The molecule has 0 aromatic heterocycles. The van der Waals surface area contributed by atoms with Gasteiger partial charge >= 0.3 is 17.9 Å². The Hall–Kier alpha value is -3.82. The minimum absolute atomic E-state index is 0.0200. The lowest BCUT2D eigenvalue weighted by Crippen LogP contribution is -2.54. The molecule has 0 bridgehead atoms. The number of aliphatic hydroxyl groups is 7. The van der Waals surface area contributed by atoms with Crippen LogP contribution in [0.25, 0.3) is 0 Å². The highest BCUT2D eigenvalue weighted by Crippen LogP contribution is 2.11. The first-order chi connectivity index (χ1) is 32.5. The standard InChI is InChI=1S/C40H75N9O19/c50-25-35(57)40(65)39(64)34(56)21-49(19-32(54)17-41-1-3-43(22-36(58)59)5-6-45(24-38(62)63)9-13-46(11-7-41)26-66-29-51)20-33(55)18-42-2-4-44(23-37(60)61)10-14-48(28-68-31-53)16-15-47(12-8-42)27-67-30-52/h29-35,39-40,50,54-57,64-65H,1-28H2,(H,58,59)(H,60,61)(H,62,63). The van der Waals surface area contributed by atoms with E-state index in [-0.39, 0.29) is 144 Å². The molecule has 0 spiro atoms. The van der Waals surface area contributed by atoms with Crippen LogP contribution in [0.1, 0.15) is 0 Å². The van der Waals surface area contributed by atoms with Gasteiger partial charge < -0.3 is 65.3 Å². The number of carbonyl (C=O) groups is 6. The third-order valence-electron chi connectivity index (χ3n) is 11.6. The average Bonchev–Trinajstić information content (AvgIpc) is 3.28. The van der Waals surface area contributed by atoms with Crippen LogP contribution < -0.4 is 0 Å². The number of carboxylic acid groups (broad SMARTS) is 3. The predicted octanol–water partition coefficient (Wildman–Crippen LogP) is -8.47. The van der Waals surface area contributed by atoms with Crippen LogP contribution in [0.2, 0.25) is 0 Å². The summed E-state index contributed by atoms with van der Waals surface area (Å²) in [6.07, 6.45) is -9.93. The lowest BCUT2D eigenvalue weighted by atomic mass is 10.0. The van der Waals surface area contributed by atoms with Gasteiger partial charge in [0.05, 0.1) is 44.6 Å². The fraction of sp³-hybridized carbons (Fsp3) is 0.850. The summed E-state index contributed by atoms with van der Waals surface area (Å²) in [5, 5.41) is 104. The number of hydrogen-bond donors (Lipinski definition) is 10. The third-order valence-corrected chi connectivity index (χ3v) is 11.6. The minimum atomic E-state index is -1.97. The van der Waals surface area contributed by atoms with E-state index in [9.17, 15) is 79.8 Å². The van der Waals surface area contributed by atoms with Gasteiger partial charge in [-0.05, 0) is 0 Å². The summed E-state index contributed by atoms with van der Waals surface area (Å²) in [5.74, 6) is -3.23. The SMILES string of the molecule is O=COCN1CCN(COC=O)CCN(CC(O)CN(CC(O)CN2CCN(COC=O)CCN(CC(=O)O)CCN(CC(=O)O)CC2)CC(O)C(O)C(O)C(O)CO)CCN(CC(=O)O)CC1. The van der Waals surface area contributed by atoms with Crippen molar-refractivity contribution in [3.05, 3.63) is 0 Å². The van der Waals surface area contributed by atoms with Crippen molar-refractivity contribution < 1.29 is 94.0 Å². The number of nitrogens with zero attached hydrogens (tertiary/aromatic N) is 9. The molecule has 28 nitrogen and oxygen atoms in total. The van der Waals surface area contributed by atoms with E-state index in [1.54, 1.807) is 19.6 Å². The van der Waals surface area contributed by atoms with Crippen LogP contribution in [0.5, 0.6) is 0 Å². The van der Waals surface area contributed by atoms with E-state index in [1.807, 2.05) is 19.6 Å². The molecule has 0 aliphatic carbocycles. The maximum atomic E-state index is 11.8. The Kier molecular flexibility index (Phi) is 30.6. The Morgan fingerprint density at radius 1 is 0.426 bits per heavy atom. The summed E-state index contributed by atoms with van der Waals surface area (Å²) < 4.78 is 15.0. The molecule has 0 amide bonds. The van der Waals surface area contributed by atoms with Gasteiger partial charge in [-0.2, -0.15) is 0 Å². The lowest BCUT2D eigenvalue weighted by Gasteiger charge is -2.36. The first kappa shape index (κ1) is 60.3. The highest BCUT2D eigenvalue weighted by Gasteiger charge is 2.33. The van der Waals surface area contributed by atoms with Gasteiger partial charge in [0.1, 0.15) is 38.5 Å². The normalized spacial score (nSPS) is 21.4. The zero-order valence-electron chi connectivity index (χ0n) is 38.7. The molecule has 2 fully saturated rings. The van der Waals surface area contributed by atoms with Crippen molar-refractivity contribution in [3.8, 4) is 0 Å². The van der Waals surface area contributed by atoms with E-state index in [2.05, 4.69) is 0 Å². The Labute approximate surface area is 395 Å². The van der Waals surface area contributed by atoms with Crippen LogP contribution in [-0.2, 0) is 43.0 Å². The largest absolute Gasteiger partial charge is 0.480 e. The number of ether oxygens (including phenoxy) is 3. The second-order valence-electron chi connectivity index (χ2n) is 17.0. The van der Waals surface area contributed by atoms with Gasteiger partial charge in [-0.1, -0.05) is 0 Å². The second-order valence-corrected chi connectivity index (χ2v) is 17.0. The van der Waals surface area contributed by atoms with Crippen molar-refractivity contribution in [2.24, 2.45) is 0 Å². The van der Waals surface area contributed by atoms with E-state index >= 15 is 0 Å². The van der Waals surface area contributed by atoms with Gasteiger partial charge in [0.25, 0.3) is 19.4 Å². The molecule has 0 radical (unpaired) electrons. The Bertz CT molecular complexity index is 1450. The number of aliphatic hydroxyl groups excluding tert-OH is 7. The topological polar surface area (TPSA) is 362 Å². The monoisotopic (exact) mass is 986 g/mol. The highest BCUT2D eigenvalue weighted by atomic mass is 16.5. The summed E-state index contributed by atoms with van der Waals surface area (Å²) >= 11 is 0. The van der Waals surface area contributed by atoms with E-state index in [1.165, 1.54) is 4.90 Å². The molecule has 2 saturated heterocycles. The fourth-order valence-electron chi connectivity index (χ4n) is 7.83. The number of carboxylic acids is 3. The van der Waals surface area contributed by atoms with Gasteiger partial charge in [-0.15, -0.1) is 0 Å². The van der Waals surface area contributed by atoms with Crippen molar-refractivity contribution in [3.63, 3.8) is 0 Å². The summed E-state index contributed by atoms with van der Waals surface area (Å²) in [6, 6.07) is 0. The quantitative estimate of drug-likeness (QED) is 0.0246. The molecule has 68 heavy (non-hydrogen) atoms. The highest BCUT2D eigenvalue weighted by molar-refractivity contribution is 5.69. The molecule has 6 unspecified atom stereocenters. The van der Waals surface area contributed by atoms with E-state index in [0.29, 0.717) is 45.7 Å². The van der Waals surface area contributed by atoms with Crippen LogP contribution in [0, 0.1) is 0 Å². The van der Waals surface area contributed by atoms with Crippen LogP contribution >= 0.6 is 0 Å². The van der Waals surface area contributed by atoms with E-state index < -0.39 is 67.7 Å². The van der Waals surface area contributed by atoms with Crippen LogP contribution in [0.3, 0.4) is 0 Å². The Morgan fingerprint density at radius 2 is 0.691 bits per heavy atom. The molecule has 2 aliphatic heterocycles. The van der Waals surface area contributed by atoms with Crippen molar-refractivity contribution >= 4 is 37.3 Å². The van der Waals surface area contributed by atoms with E-state index in [0.717, 1.165) is 0 Å². The maximum absolute atomic E-state index is 11.8. The molecule has 0 aromatic rings. The van der Waals surface area contributed by atoms with Gasteiger partial charge in [0.15, 0.2) is 0 Å². The second kappa shape index (κ2) is 34.5. The molecule has 394 valence electrons. The molecule has 2 aliphatic rings. The Morgan fingerprint density at radius 3 is 0.956 bits per heavy atom. The summed E-state index contributed by atoms with van der Waals surface area (Å²) in [6.45, 7) is 2.27. The molecule has 0 saturated carbocycles. The van der Waals surface area contributed by atoms with Crippen molar-refractivity contribution in [2.75, 3.05) is 184 Å². The lowest BCUT2D eigenvalue weighted by molar-refractivity contribution is -0.140. The number of hydrogen-bond acceptors (Lipinski definition) is 25. The molecular formula is C40H75N9O19. The van der Waals surface area contributed by atoms with E-state index in [4.69, 9.17) is 14.2 Å². The zero-order chi connectivity index (χ0) is 50.4. The maximum Gasteiger partial charge on any atom is 0.317 e. The molecule has 10 N–H and O–H groups in total. The molecule has 2 heterocycles. The molecular weight excluding hydrogens is 910 g/mol. The Balaban J connectivity index is 2.37. The van der Waals surface area contributed by atoms with Crippen LogP contribution in [0.4, 0.5) is 0 Å². The summed E-state index contributed by atoms with van der Waals surface area (Å²) in [5.41, 5.74) is 0. The van der Waals surface area contributed by atoms with Gasteiger partial charge in [0.2, 0.25) is 0 Å². The molecule has 6 atom stereocenters. The van der Waals surface area contributed by atoms with Crippen molar-refractivity contribution in [2.45, 2.75) is 36.6 Å². The van der Waals surface area contributed by atoms with Crippen LogP contribution in [0.15, 0.2) is 0 Å². The fourth-order valence-corrected chi connectivity index (χ4v) is 7.83. The van der Waals surface area contributed by atoms with Gasteiger partial charge in [-0.25, -0.2) is 0 Å². The smallest absolute Gasteiger partial charge is 0.317 e. The summed E-state index contributed by atoms with van der Waals surface area (Å²) in [4.78, 5) is 83.9. The van der Waals surface area contributed by atoms with Crippen molar-refractivity contribution in [1.82, 2.24) is 44.1 Å². The first-order valence-electron chi connectivity index (χ1n) is 22.5. The number of carbonyl (C=O) groups excluding carboxylic acids is 3. The zero-order valence-corrected chi connectivity index (χ0v) is 38.7. The van der Waals surface area contributed by atoms with Gasteiger partial charge in [-0.3, -0.25) is 72.9 Å². The predicted molar refractivity (Wildman–Crippen MR) is 235 cm³/mol. The minimum Gasteiger partial charge on any atom is -0.480 e. The molecule has 28 heteroatoms.